The third kappa shape index (κ3) is 10.4. The molecule has 0 bridgehead atoms. The van der Waals surface area contributed by atoms with E-state index in [0.717, 1.165) is 24.6 Å². The molecule has 0 fully saturated rings. The van der Waals surface area contributed by atoms with Gasteiger partial charge in [0.15, 0.2) is 8.32 Å². The van der Waals surface area contributed by atoms with E-state index in [0.29, 0.717) is 31.7 Å². The van der Waals surface area contributed by atoms with Crippen molar-refractivity contribution >= 4 is 47.3 Å². The van der Waals surface area contributed by atoms with Crippen LogP contribution in [0, 0.1) is 0 Å². The van der Waals surface area contributed by atoms with E-state index >= 15 is 0 Å². The van der Waals surface area contributed by atoms with Crippen molar-refractivity contribution < 1.29 is 17.8 Å². The van der Waals surface area contributed by atoms with Crippen molar-refractivity contribution in [1.29, 1.82) is 0 Å². The van der Waals surface area contributed by atoms with Gasteiger partial charge < -0.3 is 13.0 Å². The summed E-state index contributed by atoms with van der Waals surface area (Å²) in [4.78, 5) is 11.3. The minimum Gasteiger partial charge on any atom is -0.462 e. The minimum absolute atomic E-state index is 0.308. The lowest BCUT2D eigenvalue weighted by molar-refractivity contribution is -0.138. The molecule has 0 amide bonds. The molecule has 0 saturated heterocycles. The maximum atomic E-state index is 11.3. The topological polar surface area (TPSA) is 44.8 Å². The summed E-state index contributed by atoms with van der Waals surface area (Å²) in [6.07, 6.45) is 0.837. The van der Waals surface area contributed by atoms with Crippen molar-refractivity contribution in [3.8, 4) is 0 Å². The smallest absolute Gasteiger partial charge is 0.333 e. The van der Waals surface area contributed by atoms with Crippen LogP contribution in [0.5, 0.6) is 0 Å². The van der Waals surface area contributed by atoms with E-state index in [2.05, 4.69) is 57.0 Å². The summed E-state index contributed by atoms with van der Waals surface area (Å²) in [5.41, 5.74) is 0.448. The molecule has 0 aliphatic carbocycles. The third-order valence-electron chi connectivity index (χ3n) is 3.98. The quantitative estimate of drug-likeness (QED) is 0.203. The Hall–Kier alpha value is -0.782. The zero-order valence-electron chi connectivity index (χ0n) is 17.3. The molecule has 4 nitrogen and oxygen atoms in total. The lowest BCUT2D eigenvalue weighted by Gasteiger charge is -2.25. The number of rotatable bonds is 13. The molecule has 0 aliphatic heterocycles. The van der Waals surface area contributed by atoms with Gasteiger partial charge >= 0.3 is 5.97 Å². The largest absolute Gasteiger partial charge is 0.462 e. The van der Waals surface area contributed by atoms with E-state index in [1.165, 1.54) is 5.19 Å². The highest BCUT2D eigenvalue weighted by Gasteiger charge is 2.26. The second kappa shape index (κ2) is 11.9. The van der Waals surface area contributed by atoms with Crippen molar-refractivity contribution in [3.05, 3.63) is 42.5 Å². The Bertz CT molecular complexity index is 591. The first kappa shape index (κ1) is 24.3. The second-order valence-corrected chi connectivity index (χ2v) is 18.5. The van der Waals surface area contributed by atoms with Crippen LogP contribution in [0.25, 0.3) is 0 Å². The number of benzene rings is 1. The fraction of sp³-hybridized carbons (Fsp3) is 0.526. The number of carbonyl (C=O) groups is 1. The number of hydrogen-bond donors (Lipinski definition) is 0. The summed E-state index contributed by atoms with van der Waals surface area (Å²) >= 11 is 0. The fourth-order valence-electron chi connectivity index (χ4n) is 2.21. The Morgan fingerprint density at radius 1 is 1.04 bits per heavy atom. The average Bonchev–Trinajstić information content (AvgIpc) is 2.62. The van der Waals surface area contributed by atoms with E-state index in [1.807, 2.05) is 6.07 Å². The van der Waals surface area contributed by atoms with Crippen molar-refractivity contribution in [2.75, 3.05) is 6.61 Å². The van der Waals surface area contributed by atoms with Gasteiger partial charge in [0, 0.05) is 5.57 Å². The lowest BCUT2D eigenvalue weighted by Crippen LogP contribution is -2.45. The summed E-state index contributed by atoms with van der Waals surface area (Å²) in [5.74, 6) is -0.308. The van der Waals surface area contributed by atoms with Crippen LogP contribution < -0.4 is 5.19 Å². The lowest BCUT2D eigenvalue weighted by atomic mass is 10.4. The molecule has 4 radical (unpaired) electrons. The normalized spacial score (nSPS) is 12.0. The molecule has 8 heteroatoms. The van der Waals surface area contributed by atoms with Gasteiger partial charge in [0.05, 0.1) is 6.61 Å². The average molecular weight is 437 g/mol. The molecule has 0 atom stereocenters. The molecule has 0 spiro atoms. The Kier molecular flexibility index (Phi) is 10.7. The summed E-state index contributed by atoms with van der Waals surface area (Å²) < 4.78 is 17.6. The van der Waals surface area contributed by atoms with Gasteiger partial charge in [-0.15, -0.1) is 0 Å². The van der Waals surface area contributed by atoms with E-state index in [9.17, 15) is 4.79 Å². The molecule has 0 aliphatic rings. The molecule has 27 heavy (non-hydrogen) atoms. The monoisotopic (exact) mass is 436 g/mol. The molecule has 0 aromatic heterocycles. The van der Waals surface area contributed by atoms with Crippen LogP contribution in [0.15, 0.2) is 42.5 Å². The van der Waals surface area contributed by atoms with Gasteiger partial charge in [-0.2, -0.15) is 0 Å². The molecule has 1 aromatic rings. The number of ether oxygens (including phenoxy) is 1. The van der Waals surface area contributed by atoms with Crippen LogP contribution in [-0.4, -0.2) is 48.7 Å². The molecule has 0 unspecified atom stereocenters. The molecule has 0 N–H and O–H groups in total. The van der Waals surface area contributed by atoms with Gasteiger partial charge in [0.2, 0.25) is 27.8 Å². The fourth-order valence-corrected chi connectivity index (χ4v) is 11.0. The molecule has 1 aromatic carbocycles. The summed E-state index contributed by atoms with van der Waals surface area (Å²) in [6, 6.07) is 13.7. The van der Waals surface area contributed by atoms with E-state index in [1.54, 1.807) is 6.92 Å². The second-order valence-electron chi connectivity index (χ2n) is 7.65. The van der Waals surface area contributed by atoms with Crippen molar-refractivity contribution in [2.45, 2.75) is 57.7 Å². The van der Waals surface area contributed by atoms with Crippen LogP contribution in [0.4, 0.5) is 0 Å². The molecular formula is C19H32O4Si4. The van der Waals surface area contributed by atoms with Crippen molar-refractivity contribution in [1.82, 2.24) is 0 Å². The highest BCUT2D eigenvalue weighted by Crippen LogP contribution is 2.15. The van der Waals surface area contributed by atoms with Gasteiger partial charge in [-0.3, -0.25) is 0 Å². The molecule has 0 heterocycles. The molecule has 148 valence electrons. The highest BCUT2D eigenvalue weighted by molar-refractivity contribution is 6.87. The number of hydrogen-bond acceptors (Lipinski definition) is 4. The Labute approximate surface area is 171 Å². The third-order valence-corrected chi connectivity index (χ3v) is 14.1. The van der Waals surface area contributed by atoms with Gasteiger partial charge in [0.25, 0.3) is 0 Å². The van der Waals surface area contributed by atoms with Crippen molar-refractivity contribution in [3.63, 3.8) is 0 Å². The van der Waals surface area contributed by atoms with E-state index < -0.39 is 16.6 Å². The number of carbonyl (C=O) groups excluding carboxylic acids is 1. The first-order chi connectivity index (χ1) is 12.6. The zero-order chi connectivity index (χ0) is 20.3. The van der Waals surface area contributed by atoms with Gasteiger partial charge in [-0.25, -0.2) is 4.79 Å². The van der Waals surface area contributed by atoms with E-state index in [4.69, 9.17) is 13.0 Å². The SMILES string of the molecule is C=C(C)C(=O)OCCC[Si]O[Si](C)(C)CC[Si]O[Si](C)(C)c1ccccc1. The van der Waals surface area contributed by atoms with Crippen molar-refractivity contribution in [2.24, 2.45) is 0 Å². The first-order valence-corrected chi connectivity index (χ1v) is 17.6. The Morgan fingerprint density at radius 3 is 2.30 bits per heavy atom. The standard InChI is InChI=1S/C19H32O4Si4/c1-17(2)19(20)21-13-10-14-24-22-26(3,4)16-15-25-23-27(5,6)18-11-8-7-9-12-18/h7-9,11-12H,1,10,13-16H2,2-6H3. The Morgan fingerprint density at radius 2 is 1.67 bits per heavy atom. The van der Waals surface area contributed by atoms with Gasteiger partial charge in [-0.1, -0.05) is 36.9 Å². The van der Waals surface area contributed by atoms with Crippen LogP contribution in [0.1, 0.15) is 13.3 Å². The summed E-state index contributed by atoms with van der Waals surface area (Å²) in [5, 5.41) is 1.35. The maximum absolute atomic E-state index is 11.3. The number of esters is 1. The summed E-state index contributed by atoms with van der Waals surface area (Å²) in [7, 11) is -2.42. The molecular weight excluding hydrogens is 405 g/mol. The van der Waals surface area contributed by atoms with Crippen LogP contribution in [0.3, 0.4) is 0 Å². The van der Waals surface area contributed by atoms with Crippen LogP contribution in [-0.2, 0) is 17.8 Å². The van der Waals surface area contributed by atoms with Gasteiger partial charge in [-0.05, 0) is 62.9 Å². The van der Waals surface area contributed by atoms with Crippen LogP contribution in [0.2, 0.25) is 44.3 Å². The predicted octanol–water partition coefficient (Wildman–Crippen LogP) is 3.92. The van der Waals surface area contributed by atoms with E-state index in [-0.39, 0.29) is 5.97 Å². The molecule has 0 saturated carbocycles. The molecule has 1 rings (SSSR count). The van der Waals surface area contributed by atoms with Gasteiger partial charge in [0.1, 0.15) is 0 Å². The minimum atomic E-state index is -1.79. The maximum Gasteiger partial charge on any atom is 0.333 e. The Balaban J connectivity index is 2.16. The predicted molar refractivity (Wildman–Crippen MR) is 120 cm³/mol. The first-order valence-electron chi connectivity index (χ1n) is 9.34. The zero-order valence-corrected chi connectivity index (χ0v) is 21.3. The van der Waals surface area contributed by atoms with Crippen LogP contribution >= 0.6 is 0 Å². The highest BCUT2D eigenvalue weighted by atomic mass is 28.4. The summed E-state index contributed by atoms with van der Waals surface area (Å²) in [6.45, 7) is 14.7.